The van der Waals surface area contributed by atoms with Crippen LogP contribution >= 0.6 is 0 Å². The number of methoxy groups -OCH3 is 1. The highest BCUT2D eigenvalue weighted by Gasteiger charge is 2.50. The first kappa shape index (κ1) is 20.4. The Balaban J connectivity index is 1.65. The molecule has 164 valence electrons. The summed E-state index contributed by atoms with van der Waals surface area (Å²) in [7, 11) is 1.43. The predicted molar refractivity (Wildman–Crippen MR) is 123 cm³/mol. The maximum Gasteiger partial charge on any atom is 0.418 e. The summed E-state index contributed by atoms with van der Waals surface area (Å²) in [6, 6.07) is 15.8. The van der Waals surface area contributed by atoms with E-state index in [2.05, 4.69) is 11.1 Å². The number of hydrogen-bond acceptors (Lipinski definition) is 4. The number of rotatable bonds is 2. The number of ether oxygens (including phenoxy) is 2. The summed E-state index contributed by atoms with van der Waals surface area (Å²) in [6.45, 7) is 5.52. The minimum atomic E-state index is -0.911. The fraction of sp³-hybridized carbons (Fsp3) is 0.308. The lowest BCUT2D eigenvalue weighted by atomic mass is 9.77. The minimum Gasteiger partial charge on any atom is -0.468 e. The maximum absolute atomic E-state index is 13.3. The number of nitrogens with one attached hydrogen (secondary N) is 1. The number of nitrogens with zero attached hydrogens (tertiary/aromatic N) is 1. The molecule has 4 aromatic rings. The second-order valence-electron chi connectivity index (χ2n) is 9.36. The third kappa shape index (κ3) is 2.93. The number of aromatic amines is 1. The Morgan fingerprint density at radius 1 is 1.09 bits per heavy atom. The fourth-order valence-corrected chi connectivity index (χ4v) is 4.92. The molecule has 5 rings (SSSR count). The van der Waals surface area contributed by atoms with Gasteiger partial charge in [0.2, 0.25) is 0 Å². The normalized spacial score (nSPS) is 18.1. The van der Waals surface area contributed by atoms with Gasteiger partial charge in [-0.3, -0.25) is 9.36 Å². The van der Waals surface area contributed by atoms with Crippen molar-refractivity contribution in [2.45, 2.75) is 44.6 Å². The Bertz CT molecular complexity index is 1370. The Hall–Kier alpha value is -3.54. The summed E-state index contributed by atoms with van der Waals surface area (Å²) in [5, 5.41) is 2.01. The highest BCUT2D eigenvalue weighted by atomic mass is 16.6. The Morgan fingerprint density at radius 2 is 1.88 bits per heavy atom. The van der Waals surface area contributed by atoms with Crippen molar-refractivity contribution >= 4 is 33.9 Å². The van der Waals surface area contributed by atoms with E-state index in [0.29, 0.717) is 6.42 Å². The molecule has 32 heavy (non-hydrogen) atoms. The molecule has 0 spiro atoms. The van der Waals surface area contributed by atoms with E-state index < -0.39 is 17.1 Å². The molecule has 0 amide bonds. The van der Waals surface area contributed by atoms with Crippen molar-refractivity contribution in [2.24, 2.45) is 0 Å². The molecule has 0 fully saturated rings. The molecule has 0 saturated heterocycles. The van der Waals surface area contributed by atoms with Crippen molar-refractivity contribution in [3.8, 4) is 0 Å². The summed E-state index contributed by atoms with van der Waals surface area (Å²) in [6.07, 6.45) is 2.69. The van der Waals surface area contributed by atoms with Gasteiger partial charge in [-0.1, -0.05) is 24.3 Å². The summed E-state index contributed by atoms with van der Waals surface area (Å²) < 4.78 is 12.3. The number of fused-ring (bicyclic) bond motifs is 4. The zero-order valence-electron chi connectivity index (χ0n) is 18.7. The van der Waals surface area contributed by atoms with Gasteiger partial charge in [0.15, 0.2) is 0 Å². The van der Waals surface area contributed by atoms with E-state index in [9.17, 15) is 9.59 Å². The number of aromatic nitrogens is 2. The standard InChI is InChI=1S/C26H26N2O4/c1-25(2,3)32-24(30)28-14-12-16-15-17(9-10-21(16)28)26(23(29)31-4)13-11-19-18-7-5-6-8-20(18)27-22(19)26/h5-10,12,14-15,27H,11,13H2,1-4H3/t26-/m0/s1. The first-order valence-electron chi connectivity index (χ1n) is 10.8. The second kappa shape index (κ2) is 6.99. The summed E-state index contributed by atoms with van der Waals surface area (Å²) in [5.41, 5.74) is 3.17. The molecule has 1 aliphatic rings. The molecule has 1 aliphatic carbocycles. The third-order valence-corrected chi connectivity index (χ3v) is 6.30. The third-order valence-electron chi connectivity index (χ3n) is 6.30. The average Bonchev–Trinajstić information content (AvgIpc) is 3.44. The van der Waals surface area contributed by atoms with E-state index in [-0.39, 0.29) is 5.97 Å². The molecule has 2 aromatic heterocycles. The quantitative estimate of drug-likeness (QED) is 0.437. The first-order valence-corrected chi connectivity index (χ1v) is 10.8. The lowest BCUT2D eigenvalue weighted by Crippen LogP contribution is -2.36. The van der Waals surface area contributed by atoms with Crippen molar-refractivity contribution in [3.63, 3.8) is 0 Å². The summed E-state index contributed by atoms with van der Waals surface area (Å²) >= 11 is 0. The van der Waals surface area contributed by atoms with Crippen LogP contribution in [-0.4, -0.2) is 34.3 Å². The van der Waals surface area contributed by atoms with E-state index in [1.165, 1.54) is 11.7 Å². The van der Waals surface area contributed by atoms with Crippen molar-refractivity contribution in [2.75, 3.05) is 7.11 Å². The number of hydrogen-bond donors (Lipinski definition) is 1. The van der Waals surface area contributed by atoms with Gasteiger partial charge in [0.05, 0.1) is 12.6 Å². The number of benzene rings is 2. The van der Waals surface area contributed by atoms with Crippen LogP contribution in [0.25, 0.3) is 21.8 Å². The second-order valence-corrected chi connectivity index (χ2v) is 9.36. The smallest absolute Gasteiger partial charge is 0.418 e. The SMILES string of the molecule is COC(=O)[C@]1(c2ccc3c(ccn3C(=O)OC(C)(C)C)c2)CCc2c1[nH]c1ccccc21. The number of esters is 1. The summed E-state index contributed by atoms with van der Waals surface area (Å²) in [4.78, 5) is 29.4. The zero-order valence-corrected chi connectivity index (χ0v) is 18.7. The van der Waals surface area contributed by atoms with Crippen molar-refractivity contribution in [1.29, 1.82) is 0 Å². The highest BCUT2D eigenvalue weighted by Crippen LogP contribution is 2.47. The van der Waals surface area contributed by atoms with Gasteiger partial charge in [-0.25, -0.2) is 4.79 Å². The van der Waals surface area contributed by atoms with Gasteiger partial charge in [-0.2, -0.15) is 0 Å². The molecule has 0 aliphatic heterocycles. The van der Waals surface area contributed by atoms with Crippen LogP contribution in [0, 0.1) is 0 Å². The lowest BCUT2D eigenvalue weighted by molar-refractivity contribution is -0.145. The Labute approximate surface area is 186 Å². The number of carbonyl (C=O) groups excluding carboxylic acids is 2. The van der Waals surface area contributed by atoms with Crippen LogP contribution in [0.3, 0.4) is 0 Å². The van der Waals surface area contributed by atoms with Gasteiger partial charge in [-0.15, -0.1) is 0 Å². The van der Waals surface area contributed by atoms with Crippen LogP contribution in [0.2, 0.25) is 0 Å². The number of para-hydroxylation sites is 1. The molecule has 0 unspecified atom stereocenters. The Kier molecular flexibility index (Phi) is 4.45. The molecule has 0 saturated carbocycles. The van der Waals surface area contributed by atoms with Crippen LogP contribution in [0.4, 0.5) is 4.79 Å². The maximum atomic E-state index is 13.3. The van der Waals surface area contributed by atoms with Crippen LogP contribution in [0.15, 0.2) is 54.7 Å². The van der Waals surface area contributed by atoms with Gasteiger partial charge in [0.25, 0.3) is 0 Å². The minimum absolute atomic E-state index is 0.284. The van der Waals surface area contributed by atoms with Gasteiger partial charge in [0, 0.05) is 28.2 Å². The monoisotopic (exact) mass is 430 g/mol. The van der Waals surface area contributed by atoms with Gasteiger partial charge in [-0.05, 0) is 69.0 Å². The van der Waals surface area contributed by atoms with E-state index in [1.54, 1.807) is 6.20 Å². The number of carbonyl (C=O) groups is 2. The molecular formula is C26H26N2O4. The van der Waals surface area contributed by atoms with Crippen LogP contribution in [0.5, 0.6) is 0 Å². The van der Waals surface area contributed by atoms with E-state index in [1.807, 2.05) is 63.2 Å². The molecule has 0 bridgehead atoms. The molecular weight excluding hydrogens is 404 g/mol. The molecule has 1 atom stereocenters. The van der Waals surface area contributed by atoms with Crippen LogP contribution in [-0.2, 0) is 26.1 Å². The van der Waals surface area contributed by atoms with Crippen LogP contribution < -0.4 is 0 Å². The van der Waals surface area contributed by atoms with Gasteiger partial charge >= 0.3 is 12.1 Å². The molecule has 1 N–H and O–H groups in total. The number of H-pyrrole nitrogens is 1. The fourth-order valence-electron chi connectivity index (χ4n) is 4.92. The molecule has 2 heterocycles. The van der Waals surface area contributed by atoms with E-state index >= 15 is 0 Å². The molecule has 2 aromatic carbocycles. The van der Waals surface area contributed by atoms with E-state index in [0.717, 1.165) is 45.0 Å². The van der Waals surface area contributed by atoms with E-state index in [4.69, 9.17) is 9.47 Å². The van der Waals surface area contributed by atoms with Gasteiger partial charge < -0.3 is 14.5 Å². The van der Waals surface area contributed by atoms with Crippen molar-refractivity contribution in [1.82, 2.24) is 9.55 Å². The Morgan fingerprint density at radius 3 is 2.62 bits per heavy atom. The molecule has 6 heteroatoms. The van der Waals surface area contributed by atoms with Crippen molar-refractivity contribution in [3.05, 3.63) is 71.5 Å². The van der Waals surface area contributed by atoms with Crippen molar-refractivity contribution < 1.29 is 19.1 Å². The topological polar surface area (TPSA) is 73.3 Å². The molecule has 0 radical (unpaired) electrons. The highest BCUT2D eigenvalue weighted by molar-refractivity contribution is 5.96. The van der Waals surface area contributed by atoms with Gasteiger partial charge in [0.1, 0.15) is 11.0 Å². The number of aryl methyl sites for hydroxylation is 1. The zero-order chi connectivity index (χ0) is 22.7. The predicted octanol–water partition coefficient (Wildman–Crippen LogP) is 5.31. The lowest BCUT2D eigenvalue weighted by Gasteiger charge is -2.27. The average molecular weight is 431 g/mol. The summed E-state index contributed by atoms with van der Waals surface area (Å²) in [5.74, 6) is -0.284. The molecule has 6 nitrogen and oxygen atoms in total. The first-order chi connectivity index (χ1) is 15.2. The van der Waals surface area contributed by atoms with Crippen LogP contribution in [0.1, 0.15) is 44.0 Å². The largest absolute Gasteiger partial charge is 0.468 e.